The van der Waals surface area contributed by atoms with Crippen LogP contribution in [0.25, 0.3) is 10.2 Å². The number of fused-ring (bicyclic) bond motifs is 1. The number of carbonyl (C=O) groups is 1. The molecule has 2 aliphatic rings. The molecule has 24 heavy (non-hydrogen) atoms. The quantitative estimate of drug-likeness (QED) is 0.917. The molecule has 1 atom stereocenters. The van der Waals surface area contributed by atoms with Crippen LogP contribution in [0.15, 0.2) is 24.3 Å². The lowest BCUT2D eigenvalue weighted by molar-refractivity contribution is -0.148. The molecule has 7 heteroatoms. The Balaban J connectivity index is 1.32. The number of anilines is 1. The van der Waals surface area contributed by atoms with Crippen LogP contribution < -0.4 is 10.2 Å². The van der Waals surface area contributed by atoms with Crippen LogP contribution in [-0.2, 0) is 14.3 Å². The van der Waals surface area contributed by atoms with Crippen LogP contribution in [0.2, 0.25) is 0 Å². The Bertz CT molecular complexity index is 673. The van der Waals surface area contributed by atoms with E-state index in [2.05, 4.69) is 22.3 Å². The van der Waals surface area contributed by atoms with Crippen molar-refractivity contribution in [3.8, 4) is 0 Å². The highest BCUT2D eigenvalue weighted by Gasteiger charge is 2.27. The zero-order valence-electron chi connectivity index (χ0n) is 13.4. The number of amides is 1. The minimum atomic E-state index is -0.457. The summed E-state index contributed by atoms with van der Waals surface area (Å²) in [5, 5.41) is 4.17. The Kier molecular flexibility index (Phi) is 4.64. The monoisotopic (exact) mass is 347 g/mol. The first-order valence-corrected chi connectivity index (χ1v) is 9.21. The number of hydrogen-bond donors (Lipinski definition) is 1. The molecule has 1 N–H and O–H groups in total. The largest absolute Gasteiger partial charge is 0.376 e. The molecule has 6 nitrogen and oxygen atoms in total. The van der Waals surface area contributed by atoms with Crippen molar-refractivity contribution in [2.45, 2.75) is 25.0 Å². The van der Waals surface area contributed by atoms with E-state index in [0.717, 1.165) is 36.6 Å². The van der Waals surface area contributed by atoms with E-state index in [1.807, 2.05) is 12.1 Å². The molecule has 4 rings (SSSR count). The van der Waals surface area contributed by atoms with E-state index < -0.39 is 6.10 Å². The molecule has 2 fully saturated rings. The maximum absolute atomic E-state index is 12.2. The Morgan fingerprint density at radius 3 is 2.83 bits per heavy atom. The second kappa shape index (κ2) is 7.04. The maximum atomic E-state index is 12.2. The van der Waals surface area contributed by atoms with Crippen molar-refractivity contribution >= 4 is 32.6 Å². The third-order valence-electron chi connectivity index (χ3n) is 4.50. The van der Waals surface area contributed by atoms with Crippen molar-refractivity contribution in [2.24, 2.45) is 0 Å². The molecule has 0 spiro atoms. The second-order valence-corrected chi connectivity index (χ2v) is 7.18. The van der Waals surface area contributed by atoms with Crippen molar-refractivity contribution in [2.75, 3.05) is 37.8 Å². The molecule has 128 valence electrons. The molecular weight excluding hydrogens is 326 g/mol. The van der Waals surface area contributed by atoms with E-state index >= 15 is 0 Å². The van der Waals surface area contributed by atoms with E-state index in [-0.39, 0.29) is 11.9 Å². The first kappa shape index (κ1) is 15.8. The molecule has 0 saturated carbocycles. The van der Waals surface area contributed by atoms with E-state index in [9.17, 15) is 4.79 Å². The van der Waals surface area contributed by atoms with Crippen molar-refractivity contribution in [3.05, 3.63) is 24.3 Å². The molecule has 2 aromatic rings. The number of nitrogens with one attached hydrogen (secondary N) is 1. The van der Waals surface area contributed by atoms with Gasteiger partial charge in [0.15, 0.2) is 11.2 Å². The minimum Gasteiger partial charge on any atom is -0.376 e. The summed E-state index contributed by atoms with van der Waals surface area (Å²) in [6.07, 6.45) is 1.39. The van der Waals surface area contributed by atoms with Crippen LogP contribution >= 0.6 is 11.3 Å². The van der Waals surface area contributed by atoms with Crippen molar-refractivity contribution < 1.29 is 14.3 Å². The highest BCUT2D eigenvalue weighted by atomic mass is 32.1. The van der Waals surface area contributed by atoms with Crippen LogP contribution in [-0.4, -0.2) is 55.9 Å². The van der Waals surface area contributed by atoms with Gasteiger partial charge in [0.25, 0.3) is 5.91 Å². The Labute approximate surface area is 144 Å². The Hall–Kier alpha value is -1.70. The number of hydrogen-bond acceptors (Lipinski definition) is 6. The van der Waals surface area contributed by atoms with Crippen LogP contribution in [0.4, 0.5) is 5.13 Å². The predicted octanol–water partition coefficient (Wildman–Crippen LogP) is 1.80. The minimum absolute atomic E-state index is 0.0480. The summed E-state index contributed by atoms with van der Waals surface area (Å²) < 4.78 is 12.0. The van der Waals surface area contributed by atoms with Gasteiger partial charge in [0, 0.05) is 19.1 Å². The van der Waals surface area contributed by atoms with E-state index in [4.69, 9.17) is 14.5 Å². The molecular formula is C17H21N3O3S. The third-order valence-corrected chi connectivity index (χ3v) is 5.60. The van der Waals surface area contributed by atoms with Gasteiger partial charge in [-0.15, -0.1) is 0 Å². The number of aromatic nitrogens is 1. The maximum Gasteiger partial charge on any atom is 0.251 e. The highest BCUT2D eigenvalue weighted by Crippen LogP contribution is 2.30. The van der Waals surface area contributed by atoms with E-state index in [1.165, 1.54) is 4.70 Å². The first-order valence-electron chi connectivity index (χ1n) is 8.40. The number of para-hydroxylation sites is 1. The average molecular weight is 347 g/mol. The van der Waals surface area contributed by atoms with E-state index in [1.54, 1.807) is 11.3 Å². The van der Waals surface area contributed by atoms with Gasteiger partial charge >= 0.3 is 0 Å². The smallest absolute Gasteiger partial charge is 0.251 e. The molecule has 1 amide bonds. The number of ether oxygens (including phenoxy) is 2. The fraction of sp³-hybridized carbons (Fsp3) is 0.529. The number of benzene rings is 1. The zero-order valence-corrected chi connectivity index (χ0v) is 14.3. The van der Waals surface area contributed by atoms with Gasteiger partial charge in [0.05, 0.1) is 30.0 Å². The fourth-order valence-corrected chi connectivity index (χ4v) is 4.16. The van der Waals surface area contributed by atoms with Crippen LogP contribution in [0.1, 0.15) is 12.8 Å². The Morgan fingerprint density at radius 1 is 1.25 bits per heavy atom. The molecule has 1 aromatic carbocycles. The van der Waals surface area contributed by atoms with Crippen molar-refractivity contribution in [1.82, 2.24) is 10.3 Å². The number of piperidine rings is 1. The van der Waals surface area contributed by atoms with Crippen molar-refractivity contribution in [3.63, 3.8) is 0 Å². The average Bonchev–Trinajstić information content (AvgIpc) is 3.07. The lowest BCUT2D eigenvalue weighted by Gasteiger charge is -2.33. The molecule has 2 aliphatic heterocycles. The molecule has 0 radical (unpaired) electrons. The van der Waals surface area contributed by atoms with Gasteiger partial charge in [-0.2, -0.15) is 0 Å². The SMILES string of the molecule is O=C(NC1CCN(c2nc3ccccc3s2)CC1)[C@H]1COCCO1. The van der Waals surface area contributed by atoms with Gasteiger partial charge in [-0.05, 0) is 25.0 Å². The normalized spacial score (nSPS) is 22.7. The van der Waals surface area contributed by atoms with Gasteiger partial charge in [-0.1, -0.05) is 23.5 Å². The molecule has 3 heterocycles. The van der Waals surface area contributed by atoms with Gasteiger partial charge < -0.3 is 19.7 Å². The molecule has 0 unspecified atom stereocenters. The summed E-state index contributed by atoms with van der Waals surface area (Å²) in [5.74, 6) is -0.0480. The number of thiazole rings is 1. The predicted molar refractivity (Wildman–Crippen MR) is 93.6 cm³/mol. The topological polar surface area (TPSA) is 63.7 Å². The molecule has 0 bridgehead atoms. The fourth-order valence-electron chi connectivity index (χ4n) is 3.14. The standard InChI is InChI=1S/C17H21N3O3S/c21-16(14-11-22-9-10-23-14)18-12-5-7-20(8-6-12)17-19-13-3-1-2-4-15(13)24-17/h1-4,12,14H,5-11H2,(H,18,21)/t14-/m1/s1. The van der Waals surface area contributed by atoms with Gasteiger partial charge in [0.1, 0.15) is 0 Å². The third kappa shape index (κ3) is 3.38. The summed E-state index contributed by atoms with van der Waals surface area (Å²) >= 11 is 1.73. The summed E-state index contributed by atoms with van der Waals surface area (Å²) in [6.45, 7) is 3.24. The zero-order chi connectivity index (χ0) is 16.4. The lowest BCUT2D eigenvalue weighted by Crippen LogP contribution is -2.50. The molecule has 0 aliphatic carbocycles. The Morgan fingerprint density at radius 2 is 2.08 bits per heavy atom. The van der Waals surface area contributed by atoms with E-state index in [0.29, 0.717) is 19.8 Å². The summed E-state index contributed by atoms with van der Waals surface area (Å²) in [5.41, 5.74) is 1.06. The van der Waals surface area contributed by atoms with Gasteiger partial charge in [-0.3, -0.25) is 4.79 Å². The first-order chi connectivity index (χ1) is 11.8. The second-order valence-electron chi connectivity index (χ2n) is 6.17. The summed E-state index contributed by atoms with van der Waals surface area (Å²) in [6, 6.07) is 8.42. The lowest BCUT2D eigenvalue weighted by atomic mass is 10.1. The van der Waals surface area contributed by atoms with Crippen molar-refractivity contribution in [1.29, 1.82) is 0 Å². The highest BCUT2D eigenvalue weighted by molar-refractivity contribution is 7.22. The molecule has 2 saturated heterocycles. The number of rotatable bonds is 3. The van der Waals surface area contributed by atoms with Crippen LogP contribution in [0, 0.1) is 0 Å². The number of nitrogens with zero attached hydrogens (tertiary/aromatic N) is 2. The molecule has 1 aromatic heterocycles. The summed E-state index contributed by atoms with van der Waals surface area (Å²) in [7, 11) is 0. The van der Waals surface area contributed by atoms with Gasteiger partial charge in [0.2, 0.25) is 0 Å². The summed E-state index contributed by atoms with van der Waals surface area (Å²) in [4.78, 5) is 19.2. The number of carbonyl (C=O) groups excluding carboxylic acids is 1. The van der Waals surface area contributed by atoms with Crippen LogP contribution in [0.5, 0.6) is 0 Å². The van der Waals surface area contributed by atoms with Crippen LogP contribution in [0.3, 0.4) is 0 Å². The van der Waals surface area contributed by atoms with Gasteiger partial charge in [-0.25, -0.2) is 4.98 Å².